The van der Waals surface area contributed by atoms with Crippen LogP contribution in [0.5, 0.6) is 17.2 Å². The van der Waals surface area contributed by atoms with Crippen LogP contribution in [0.15, 0.2) is 84.0 Å². The average molecular weight is 608 g/mol. The Balaban J connectivity index is 1.41. The quantitative estimate of drug-likeness (QED) is 0.120. The van der Waals surface area contributed by atoms with Gasteiger partial charge in [0.05, 0.1) is 29.4 Å². The molecule has 0 aromatic heterocycles. The monoisotopic (exact) mass is 608 g/mol. The molecule has 1 amide bonds. The first-order chi connectivity index (χ1) is 18.1. The second-order valence-corrected chi connectivity index (χ2v) is 9.40. The molecule has 4 aromatic rings. The number of ether oxygens (including phenoxy) is 3. The molecular weight excluding hydrogens is 579 g/mol. The number of amides is 1. The number of benzene rings is 4. The second-order valence-electron chi connectivity index (χ2n) is 8.24. The number of fused-ring (bicyclic) bond motifs is 1. The van der Waals surface area contributed by atoms with E-state index in [1.54, 1.807) is 6.21 Å². The third kappa shape index (κ3) is 7.22. The van der Waals surface area contributed by atoms with Crippen molar-refractivity contribution in [1.29, 1.82) is 0 Å². The predicted molar refractivity (Wildman–Crippen MR) is 156 cm³/mol. The fourth-order valence-electron chi connectivity index (χ4n) is 3.91. The molecule has 0 heterocycles. The fourth-order valence-corrected chi connectivity index (χ4v) is 4.69. The molecule has 0 atom stereocenters. The number of carbonyl (C=O) groups is 1. The predicted octanol–water partition coefficient (Wildman–Crippen LogP) is 6.51. The van der Waals surface area contributed by atoms with Crippen molar-refractivity contribution >= 4 is 45.5 Å². The van der Waals surface area contributed by atoms with Gasteiger partial charge in [0.2, 0.25) is 5.91 Å². The van der Waals surface area contributed by atoms with E-state index in [9.17, 15) is 4.79 Å². The molecule has 0 fully saturated rings. The molecule has 4 rings (SSSR count). The van der Waals surface area contributed by atoms with Gasteiger partial charge in [0, 0.05) is 0 Å². The summed E-state index contributed by atoms with van der Waals surface area (Å²) in [4.78, 5) is 12.3. The minimum atomic E-state index is -0.199. The van der Waals surface area contributed by atoms with Crippen LogP contribution in [-0.4, -0.2) is 25.3 Å². The van der Waals surface area contributed by atoms with Crippen LogP contribution in [0.4, 0.5) is 0 Å². The van der Waals surface area contributed by atoms with Crippen LogP contribution in [0.25, 0.3) is 10.8 Å². The Morgan fingerprint density at radius 3 is 2.46 bits per heavy atom. The number of nitrogens with zero attached hydrogens (tertiary/aromatic N) is 1. The second kappa shape index (κ2) is 13.1. The molecule has 0 aliphatic rings. The van der Waals surface area contributed by atoms with E-state index in [1.165, 1.54) is 10.8 Å². The van der Waals surface area contributed by atoms with E-state index >= 15 is 0 Å². The summed E-state index contributed by atoms with van der Waals surface area (Å²) >= 11 is 2.24. The summed E-state index contributed by atoms with van der Waals surface area (Å²) in [6.45, 7) is 5.40. The van der Waals surface area contributed by atoms with Crippen molar-refractivity contribution < 1.29 is 19.0 Å². The number of carbonyl (C=O) groups excluding carboxylic acids is 1. The Kier molecular flexibility index (Phi) is 9.37. The van der Waals surface area contributed by atoms with Gasteiger partial charge in [0.15, 0.2) is 11.5 Å². The van der Waals surface area contributed by atoms with Crippen molar-refractivity contribution in [1.82, 2.24) is 5.43 Å². The number of rotatable bonds is 11. The lowest BCUT2D eigenvalue weighted by atomic mass is 10.1. The fraction of sp³-hybridized carbons (Fsp3) is 0.200. The van der Waals surface area contributed by atoms with Crippen molar-refractivity contribution in [3.8, 4) is 17.2 Å². The Morgan fingerprint density at radius 1 is 0.919 bits per heavy atom. The molecule has 7 heteroatoms. The van der Waals surface area contributed by atoms with Crippen LogP contribution in [0.1, 0.15) is 30.5 Å². The first-order valence-corrected chi connectivity index (χ1v) is 13.2. The van der Waals surface area contributed by atoms with E-state index in [0.717, 1.165) is 26.0 Å². The first-order valence-electron chi connectivity index (χ1n) is 12.2. The third-order valence-corrected chi connectivity index (χ3v) is 6.39. The highest BCUT2D eigenvalue weighted by Gasteiger charge is 2.13. The molecule has 0 saturated heterocycles. The highest BCUT2D eigenvalue weighted by molar-refractivity contribution is 14.1. The summed E-state index contributed by atoms with van der Waals surface area (Å²) in [6, 6.07) is 25.8. The smallest absolute Gasteiger partial charge is 0.244 e. The third-order valence-electron chi connectivity index (χ3n) is 5.59. The molecule has 0 radical (unpaired) electrons. The maximum Gasteiger partial charge on any atom is 0.244 e. The van der Waals surface area contributed by atoms with Crippen molar-refractivity contribution in [2.24, 2.45) is 5.10 Å². The summed E-state index contributed by atoms with van der Waals surface area (Å²) in [5.74, 6) is 1.91. The van der Waals surface area contributed by atoms with Crippen LogP contribution < -0.4 is 19.6 Å². The maximum atomic E-state index is 12.3. The van der Waals surface area contributed by atoms with Gasteiger partial charge in [-0.3, -0.25) is 4.79 Å². The topological polar surface area (TPSA) is 69.2 Å². The molecule has 0 bridgehead atoms. The van der Waals surface area contributed by atoms with Crippen LogP contribution >= 0.6 is 22.6 Å². The lowest BCUT2D eigenvalue weighted by Crippen LogP contribution is -2.19. The van der Waals surface area contributed by atoms with Crippen LogP contribution in [0.3, 0.4) is 0 Å². The number of nitrogens with one attached hydrogen (secondary N) is 1. The first kappa shape index (κ1) is 26.5. The highest BCUT2D eigenvalue weighted by atomic mass is 127. The minimum Gasteiger partial charge on any atom is -0.494 e. The summed E-state index contributed by atoms with van der Waals surface area (Å²) in [5, 5.41) is 6.48. The molecule has 37 heavy (non-hydrogen) atoms. The van der Waals surface area contributed by atoms with Gasteiger partial charge in [-0.1, -0.05) is 54.6 Å². The van der Waals surface area contributed by atoms with E-state index < -0.39 is 0 Å². The number of hydrazone groups is 1. The zero-order valence-corrected chi connectivity index (χ0v) is 23.0. The van der Waals surface area contributed by atoms with Gasteiger partial charge in [-0.15, -0.1) is 0 Å². The zero-order chi connectivity index (χ0) is 26.0. The largest absolute Gasteiger partial charge is 0.494 e. The van der Waals surface area contributed by atoms with Crippen molar-refractivity contribution in [2.45, 2.75) is 26.9 Å². The standard InChI is InChI=1S/C30H29IN2O4/c1-3-35-25-14-12-21(13-15-25)18-29(34)33-32-19-22-16-27(31)30(28(17-22)36-4-2)37-20-24-10-7-9-23-8-5-6-11-26(23)24/h5-17,19H,3-4,18,20H2,1-2H3,(H,33,34)/b32-19+. The molecule has 1 N–H and O–H groups in total. The Hall–Kier alpha value is -3.59. The molecule has 0 aliphatic carbocycles. The average Bonchev–Trinajstić information content (AvgIpc) is 2.90. The summed E-state index contributed by atoms with van der Waals surface area (Å²) in [7, 11) is 0. The molecule has 0 spiro atoms. The van der Waals surface area contributed by atoms with Gasteiger partial charge in [0.1, 0.15) is 12.4 Å². The van der Waals surface area contributed by atoms with Gasteiger partial charge in [-0.05, 0) is 88.2 Å². The molecule has 190 valence electrons. The van der Waals surface area contributed by atoms with Crippen LogP contribution in [0, 0.1) is 3.57 Å². The van der Waals surface area contributed by atoms with Gasteiger partial charge in [-0.25, -0.2) is 5.43 Å². The Labute approximate surface area is 230 Å². The van der Waals surface area contributed by atoms with Crippen LogP contribution in [-0.2, 0) is 17.8 Å². The molecule has 0 unspecified atom stereocenters. The molecule has 6 nitrogen and oxygen atoms in total. The van der Waals surface area contributed by atoms with Gasteiger partial charge < -0.3 is 14.2 Å². The molecule has 0 aliphatic heterocycles. The molecule has 0 saturated carbocycles. The highest BCUT2D eigenvalue weighted by Crippen LogP contribution is 2.35. The number of hydrogen-bond acceptors (Lipinski definition) is 5. The van der Waals surface area contributed by atoms with Crippen molar-refractivity contribution in [3.05, 3.63) is 99.1 Å². The lowest BCUT2D eigenvalue weighted by Gasteiger charge is -2.15. The molecule has 4 aromatic carbocycles. The minimum absolute atomic E-state index is 0.199. The number of hydrogen-bond donors (Lipinski definition) is 1. The van der Waals surface area contributed by atoms with Gasteiger partial charge in [0.25, 0.3) is 0 Å². The normalized spacial score (nSPS) is 11.0. The Bertz CT molecular complexity index is 1380. The molecular formula is C30H29IN2O4. The lowest BCUT2D eigenvalue weighted by molar-refractivity contribution is -0.120. The van der Waals surface area contributed by atoms with Crippen LogP contribution in [0.2, 0.25) is 0 Å². The summed E-state index contributed by atoms with van der Waals surface area (Å²) in [6.07, 6.45) is 1.83. The van der Waals surface area contributed by atoms with E-state index in [0.29, 0.717) is 31.3 Å². The summed E-state index contributed by atoms with van der Waals surface area (Å²) < 4.78 is 18.5. The maximum absolute atomic E-state index is 12.3. The number of halogens is 1. The van der Waals surface area contributed by atoms with Gasteiger partial charge >= 0.3 is 0 Å². The van der Waals surface area contributed by atoms with E-state index in [1.807, 2.05) is 68.4 Å². The SMILES string of the molecule is CCOc1ccc(CC(=O)N/N=C/c2cc(I)c(OCc3cccc4ccccc34)c(OCC)c2)cc1. The van der Waals surface area contributed by atoms with E-state index in [2.05, 4.69) is 57.4 Å². The van der Waals surface area contributed by atoms with E-state index in [-0.39, 0.29) is 12.3 Å². The van der Waals surface area contributed by atoms with Crippen molar-refractivity contribution in [2.75, 3.05) is 13.2 Å². The van der Waals surface area contributed by atoms with Gasteiger partial charge in [-0.2, -0.15) is 5.10 Å². The zero-order valence-electron chi connectivity index (χ0n) is 20.9. The van der Waals surface area contributed by atoms with E-state index in [4.69, 9.17) is 14.2 Å². The van der Waals surface area contributed by atoms with Crippen molar-refractivity contribution in [3.63, 3.8) is 0 Å². The Morgan fingerprint density at radius 2 is 1.68 bits per heavy atom. The summed E-state index contributed by atoms with van der Waals surface area (Å²) in [5.41, 5.74) is 5.39.